The zero-order valence-corrected chi connectivity index (χ0v) is 17.7. The van der Waals surface area contributed by atoms with Gasteiger partial charge in [-0.3, -0.25) is 9.59 Å². The minimum absolute atomic E-state index is 0.0738. The fourth-order valence-corrected chi connectivity index (χ4v) is 4.20. The van der Waals surface area contributed by atoms with Crippen LogP contribution >= 0.6 is 22.9 Å². The van der Waals surface area contributed by atoms with Gasteiger partial charge in [-0.25, -0.2) is 4.98 Å². The van der Waals surface area contributed by atoms with Gasteiger partial charge >= 0.3 is 0 Å². The van der Waals surface area contributed by atoms with Crippen LogP contribution in [0.5, 0.6) is 0 Å². The van der Waals surface area contributed by atoms with Crippen molar-refractivity contribution in [1.29, 1.82) is 0 Å². The fourth-order valence-electron chi connectivity index (χ4n) is 3.07. The number of halogens is 1. The minimum atomic E-state index is -0.286. The summed E-state index contributed by atoms with van der Waals surface area (Å²) in [6.45, 7) is -0.0738. The van der Waals surface area contributed by atoms with Crippen LogP contribution in [0.4, 0.5) is 5.69 Å². The quantitative estimate of drug-likeness (QED) is 0.461. The lowest BCUT2D eigenvalue weighted by molar-refractivity contribution is -0.116. The summed E-state index contributed by atoms with van der Waals surface area (Å²) in [6.07, 6.45) is 0. The third-order valence-electron chi connectivity index (χ3n) is 4.54. The van der Waals surface area contributed by atoms with Crippen LogP contribution in [0.2, 0.25) is 5.02 Å². The molecule has 30 heavy (non-hydrogen) atoms. The average Bonchev–Trinajstić information content (AvgIpc) is 3.19. The molecule has 4 aromatic rings. The highest BCUT2D eigenvalue weighted by atomic mass is 35.5. The van der Waals surface area contributed by atoms with Crippen LogP contribution in [-0.2, 0) is 4.79 Å². The van der Waals surface area contributed by atoms with E-state index in [0.717, 1.165) is 20.8 Å². The Morgan fingerprint density at radius 1 is 1.00 bits per heavy atom. The topological polar surface area (TPSA) is 62.3 Å². The van der Waals surface area contributed by atoms with Crippen molar-refractivity contribution < 1.29 is 9.59 Å². The van der Waals surface area contributed by atoms with E-state index in [1.807, 2.05) is 42.5 Å². The van der Waals surface area contributed by atoms with Crippen LogP contribution in [-0.4, -0.2) is 35.3 Å². The molecule has 0 aliphatic rings. The van der Waals surface area contributed by atoms with E-state index in [-0.39, 0.29) is 18.4 Å². The molecule has 1 heterocycles. The number of hydrogen-bond donors (Lipinski definition) is 1. The van der Waals surface area contributed by atoms with Crippen LogP contribution in [0, 0.1) is 0 Å². The molecule has 0 fully saturated rings. The molecule has 0 spiro atoms. The largest absolute Gasteiger partial charge is 0.332 e. The van der Waals surface area contributed by atoms with Crippen molar-refractivity contribution in [2.75, 3.05) is 18.9 Å². The van der Waals surface area contributed by atoms with Crippen LogP contribution < -0.4 is 5.32 Å². The smallest absolute Gasteiger partial charge is 0.254 e. The van der Waals surface area contributed by atoms with Gasteiger partial charge in [-0.15, -0.1) is 11.3 Å². The number of fused-ring (bicyclic) bond motifs is 1. The summed E-state index contributed by atoms with van der Waals surface area (Å²) in [5.41, 5.74) is 2.79. The molecule has 0 bridgehead atoms. The Morgan fingerprint density at radius 2 is 1.70 bits per heavy atom. The number of nitrogens with zero attached hydrogens (tertiary/aromatic N) is 2. The lowest BCUT2D eigenvalue weighted by atomic mass is 10.1. The zero-order chi connectivity index (χ0) is 21.1. The first kappa shape index (κ1) is 20.1. The molecule has 0 radical (unpaired) electrons. The standard InChI is InChI=1S/C23H18ClN3O2S/c1-27(14-21(28)25-16-12-10-15(24)11-13-16)23(29)18-7-3-2-6-17(18)22-26-19-8-4-5-9-20(19)30-22/h2-13H,14H2,1H3,(H,25,28). The average molecular weight is 436 g/mol. The number of likely N-dealkylation sites (N-methyl/N-ethyl adjacent to an activating group) is 1. The van der Waals surface area contributed by atoms with Gasteiger partial charge in [0.1, 0.15) is 5.01 Å². The van der Waals surface area contributed by atoms with Crippen molar-refractivity contribution in [1.82, 2.24) is 9.88 Å². The van der Waals surface area contributed by atoms with Crippen LogP contribution in [0.3, 0.4) is 0 Å². The second kappa shape index (κ2) is 8.65. The molecule has 2 amide bonds. The molecule has 0 saturated carbocycles. The molecule has 3 aromatic carbocycles. The highest BCUT2D eigenvalue weighted by Crippen LogP contribution is 2.32. The maximum absolute atomic E-state index is 13.1. The Labute approximate surface area is 182 Å². The first-order valence-corrected chi connectivity index (χ1v) is 10.5. The number of aromatic nitrogens is 1. The number of para-hydroxylation sites is 1. The number of benzene rings is 3. The second-order valence-electron chi connectivity index (χ2n) is 6.75. The van der Waals surface area contributed by atoms with Crippen molar-refractivity contribution in [2.24, 2.45) is 0 Å². The Morgan fingerprint density at radius 3 is 2.47 bits per heavy atom. The molecular formula is C23H18ClN3O2S. The number of anilines is 1. The summed E-state index contributed by atoms with van der Waals surface area (Å²) < 4.78 is 1.06. The van der Waals surface area contributed by atoms with Crippen molar-refractivity contribution in [3.63, 3.8) is 0 Å². The molecular weight excluding hydrogens is 418 g/mol. The SMILES string of the molecule is CN(CC(=O)Nc1ccc(Cl)cc1)C(=O)c1ccccc1-c1nc2ccccc2s1. The summed E-state index contributed by atoms with van der Waals surface area (Å²) >= 11 is 7.40. The van der Waals surface area contributed by atoms with Gasteiger partial charge in [0.15, 0.2) is 0 Å². The van der Waals surface area contributed by atoms with Crippen LogP contribution in [0.15, 0.2) is 72.8 Å². The molecule has 0 unspecified atom stereocenters. The van der Waals surface area contributed by atoms with Crippen molar-refractivity contribution >= 4 is 50.7 Å². The van der Waals surface area contributed by atoms with Gasteiger partial charge in [0.05, 0.1) is 16.8 Å². The van der Waals surface area contributed by atoms with E-state index >= 15 is 0 Å². The van der Waals surface area contributed by atoms with E-state index in [4.69, 9.17) is 11.6 Å². The molecule has 150 valence electrons. The van der Waals surface area contributed by atoms with E-state index in [2.05, 4.69) is 10.3 Å². The molecule has 1 N–H and O–H groups in total. The van der Waals surface area contributed by atoms with Gasteiger partial charge in [-0.1, -0.05) is 41.9 Å². The van der Waals surface area contributed by atoms with Crippen LogP contribution in [0.25, 0.3) is 20.8 Å². The minimum Gasteiger partial charge on any atom is -0.332 e. The fraction of sp³-hybridized carbons (Fsp3) is 0.0870. The van der Waals surface area contributed by atoms with Crippen LogP contribution in [0.1, 0.15) is 10.4 Å². The monoisotopic (exact) mass is 435 g/mol. The van der Waals surface area contributed by atoms with E-state index < -0.39 is 0 Å². The summed E-state index contributed by atoms with van der Waals surface area (Å²) in [5, 5.41) is 4.14. The first-order chi connectivity index (χ1) is 14.5. The lowest BCUT2D eigenvalue weighted by Gasteiger charge is -2.18. The maximum atomic E-state index is 13.1. The predicted molar refractivity (Wildman–Crippen MR) is 122 cm³/mol. The van der Waals surface area contributed by atoms with Gasteiger partial charge < -0.3 is 10.2 Å². The number of hydrogen-bond acceptors (Lipinski definition) is 4. The Balaban J connectivity index is 1.53. The number of carbonyl (C=O) groups excluding carboxylic acids is 2. The Bertz CT molecular complexity index is 1190. The molecule has 1 aromatic heterocycles. The highest BCUT2D eigenvalue weighted by Gasteiger charge is 2.20. The summed E-state index contributed by atoms with van der Waals surface area (Å²) in [7, 11) is 1.61. The molecule has 7 heteroatoms. The van der Waals surface area contributed by atoms with Crippen molar-refractivity contribution in [3.05, 3.63) is 83.4 Å². The molecule has 0 aliphatic carbocycles. The van der Waals surface area contributed by atoms with Gasteiger partial charge in [-0.05, 0) is 42.5 Å². The highest BCUT2D eigenvalue weighted by molar-refractivity contribution is 7.21. The van der Waals surface area contributed by atoms with Crippen molar-refractivity contribution in [2.45, 2.75) is 0 Å². The van der Waals surface area contributed by atoms with Crippen molar-refractivity contribution in [3.8, 4) is 10.6 Å². The third kappa shape index (κ3) is 4.35. The third-order valence-corrected chi connectivity index (χ3v) is 5.86. The molecule has 0 saturated heterocycles. The Hall–Kier alpha value is -3.22. The number of rotatable bonds is 5. The number of carbonyl (C=O) groups is 2. The summed E-state index contributed by atoms with van der Waals surface area (Å²) in [4.78, 5) is 31.5. The number of amides is 2. The summed E-state index contributed by atoms with van der Waals surface area (Å²) in [5.74, 6) is -0.526. The van der Waals surface area contributed by atoms with E-state index in [1.165, 1.54) is 16.2 Å². The molecule has 4 rings (SSSR count). The lowest BCUT2D eigenvalue weighted by Crippen LogP contribution is -2.35. The molecule has 5 nitrogen and oxygen atoms in total. The zero-order valence-electron chi connectivity index (χ0n) is 16.1. The molecule has 0 aliphatic heterocycles. The summed E-state index contributed by atoms with van der Waals surface area (Å²) in [6, 6.07) is 22.0. The second-order valence-corrected chi connectivity index (χ2v) is 8.22. The maximum Gasteiger partial charge on any atom is 0.254 e. The first-order valence-electron chi connectivity index (χ1n) is 9.27. The van der Waals surface area contributed by atoms with Gasteiger partial charge in [0.25, 0.3) is 5.91 Å². The van der Waals surface area contributed by atoms with E-state index in [0.29, 0.717) is 16.3 Å². The Kier molecular flexibility index (Phi) is 5.79. The normalized spacial score (nSPS) is 10.7. The van der Waals surface area contributed by atoms with Gasteiger partial charge in [-0.2, -0.15) is 0 Å². The molecule has 0 atom stereocenters. The van der Waals surface area contributed by atoms with E-state index in [1.54, 1.807) is 37.4 Å². The van der Waals surface area contributed by atoms with Gasteiger partial charge in [0, 0.05) is 28.9 Å². The predicted octanol–water partition coefficient (Wildman–Crippen LogP) is 5.33. The number of nitrogens with one attached hydrogen (secondary N) is 1. The number of thiazole rings is 1. The van der Waals surface area contributed by atoms with Gasteiger partial charge in [0.2, 0.25) is 5.91 Å². The van der Waals surface area contributed by atoms with E-state index in [9.17, 15) is 9.59 Å².